The van der Waals surface area contributed by atoms with Crippen LogP contribution in [-0.4, -0.2) is 25.2 Å². The van der Waals surface area contributed by atoms with Crippen LogP contribution in [0.15, 0.2) is 18.2 Å². The van der Waals surface area contributed by atoms with Crippen LogP contribution in [0.2, 0.25) is 0 Å². The standard InChI is InChI=1S/C8H9NO4S/c9-4-8(14(12)13)5-1-2-6(10)7(11)3-5/h1-4,8-11H,(H,12,13). The molecule has 0 bridgehead atoms. The molecule has 4 N–H and O–H groups in total. The summed E-state index contributed by atoms with van der Waals surface area (Å²) in [6.07, 6.45) is 0.807. The molecule has 0 heterocycles. The highest BCUT2D eigenvalue weighted by atomic mass is 32.2. The van der Waals surface area contributed by atoms with Gasteiger partial charge in [0.2, 0.25) is 0 Å². The lowest BCUT2D eigenvalue weighted by molar-refractivity contribution is 0.403. The molecule has 0 aliphatic carbocycles. The molecule has 0 spiro atoms. The van der Waals surface area contributed by atoms with Crippen LogP contribution >= 0.6 is 0 Å². The van der Waals surface area contributed by atoms with Gasteiger partial charge in [-0.05, 0) is 17.7 Å². The first-order valence-corrected chi connectivity index (χ1v) is 4.85. The van der Waals surface area contributed by atoms with Gasteiger partial charge in [-0.25, -0.2) is 4.21 Å². The molecule has 5 nitrogen and oxygen atoms in total. The van der Waals surface area contributed by atoms with Crippen LogP contribution in [0.25, 0.3) is 0 Å². The Morgan fingerprint density at radius 2 is 2.00 bits per heavy atom. The molecule has 0 radical (unpaired) electrons. The molecular formula is C8H9NO4S. The summed E-state index contributed by atoms with van der Waals surface area (Å²) in [6, 6.07) is 3.73. The zero-order chi connectivity index (χ0) is 10.7. The lowest BCUT2D eigenvalue weighted by Gasteiger charge is -2.08. The first kappa shape index (κ1) is 10.7. The first-order chi connectivity index (χ1) is 6.56. The molecule has 0 saturated carbocycles. The van der Waals surface area contributed by atoms with E-state index in [1.807, 2.05) is 0 Å². The molecule has 0 aliphatic rings. The van der Waals surface area contributed by atoms with Crippen LogP contribution in [0.5, 0.6) is 11.5 Å². The number of hydrogen-bond donors (Lipinski definition) is 4. The van der Waals surface area contributed by atoms with Gasteiger partial charge >= 0.3 is 0 Å². The predicted octanol–water partition coefficient (Wildman–Crippen LogP) is 1.01. The van der Waals surface area contributed by atoms with Crippen molar-refractivity contribution in [1.82, 2.24) is 0 Å². The molecule has 76 valence electrons. The summed E-state index contributed by atoms with van der Waals surface area (Å²) < 4.78 is 19.5. The summed E-state index contributed by atoms with van der Waals surface area (Å²) in [5, 5.41) is 24.1. The summed E-state index contributed by atoms with van der Waals surface area (Å²) in [5.74, 6) is -0.680. The molecule has 2 atom stereocenters. The molecule has 1 rings (SSSR count). The van der Waals surface area contributed by atoms with Crippen LogP contribution in [0.1, 0.15) is 10.8 Å². The van der Waals surface area contributed by atoms with E-state index in [0.29, 0.717) is 5.56 Å². The summed E-state index contributed by atoms with van der Waals surface area (Å²) in [6.45, 7) is 0. The normalized spacial score (nSPS) is 14.6. The average molecular weight is 215 g/mol. The zero-order valence-electron chi connectivity index (χ0n) is 7.04. The largest absolute Gasteiger partial charge is 0.504 e. The third-order valence-corrected chi connectivity index (χ3v) is 2.54. The second-order valence-corrected chi connectivity index (χ2v) is 3.67. The quantitative estimate of drug-likeness (QED) is 0.343. The Kier molecular flexibility index (Phi) is 3.21. The van der Waals surface area contributed by atoms with Crippen molar-refractivity contribution < 1.29 is 19.0 Å². The predicted molar refractivity (Wildman–Crippen MR) is 52.1 cm³/mol. The Balaban J connectivity index is 3.12. The lowest BCUT2D eigenvalue weighted by Crippen LogP contribution is -2.06. The van der Waals surface area contributed by atoms with Gasteiger partial charge < -0.3 is 20.2 Å². The molecule has 6 heteroatoms. The lowest BCUT2D eigenvalue weighted by atomic mass is 10.1. The summed E-state index contributed by atoms with van der Waals surface area (Å²) in [5.41, 5.74) is 0.302. The number of nitrogens with one attached hydrogen (secondary N) is 1. The highest BCUT2D eigenvalue weighted by Gasteiger charge is 2.15. The maximum Gasteiger partial charge on any atom is 0.166 e. The second-order valence-electron chi connectivity index (χ2n) is 2.61. The Labute approximate surface area is 82.8 Å². The Morgan fingerprint density at radius 3 is 2.43 bits per heavy atom. The van der Waals surface area contributed by atoms with E-state index in [9.17, 15) is 4.21 Å². The molecule has 1 aromatic rings. The number of aromatic hydroxyl groups is 2. The van der Waals surface area contributed by atoms with Crippen LogP contribution in [0, 0.1) is 5.41 Å². The third kappa shape index (κ3) is 2.09. The van der Waals surface area contributed by atoms with E-state index in [0.717, 1.165) is 12.3 Å². The van der Waals surface area contributed by atoms with Crippen molar-refractivity contribution in [3.05, 3.63) is 23.8 Å². The van der Waals surface area contributed by atoms with Crippen LogP contribution < -0.4 is 0 Å². The van der Waals surface area contributed by atoms with Crippen LogP contribution in [0.4, 0.5) is 0 Å². The Morgan fingerprint density at radius 1 is 1.36 bits per heavy atom. The Hall–Kier alpha value is -1.40. The summed E-state index contributed by atoms with van der Waals surface area (Å²) in [4.78, 5) is 0. The van der Waals surface area contributed by atoms with Crippen molar-refractivity contribution in [2.24, 2.45) is 0 Å². The molecule has 0 fully saturated rings. The van der Waals surface area contributed by atoms with Crippen molar-refractivity contribution in [3.63, 3.8) is 0 Å². The summed E-state index contributed by atoms with van der Waals surface area (Å²) in [7, 11) is 0. The van der Waals surface area contributed by atoms with Crippen molar-refractivity contribution in [3.8, 4) is 11.5 Å². The maximum absolute atomic E-state index is 10.7. The smallest absolute Gasteiger partial charge is 0.166 e. The van der Waals surface area contributed by atoms with Gasteiger partial charge in [0.1, 0.15) is 5.25 Å². The van der Waals surface area contributed by atoms with E-state index in [2.05, 4.69) is 0 Å². The van der Waals surface area contributed by atoms with Crippen molar-refractivity contribution in [1.29, 1.82) is 5.41 Å². The van der Waals surface area contributed by atoms with E-state index < -0.39 is 16.3 Å². The van der Waals surface area contributed by atoms with Gasteiger partial charge in [-0.15, -0.1) is 0 Å². The van der Waals surface area contributed by atoms with Crippen LogP contribution in [-0.2, 0) is 11.1 Å². The number of phenols is 2. The fourth-order valence-corrected chi connectivity index (χ4v) is 1.48. The third-order valence-electron chi connectivity index (χ3n) is 1.70. The number of benzene rings is 1. The van der Waals surface area contributed by atoms with Crippen LogP contribution in [0.3, 0.4) is 0 Å². The number of hydrogen-bond acceptors (Lipinski definition) is 4. The molecule has 0 amide bonds. The van der Waals surface area contributed by atoms with E-state index >= 15 is 0 Å². The minimum absolute atomic E-state index is 0.302. The van der Waals surface area contributed by atoms with Gasteiger partial charge in [0.05, 0.1) is 0 Å². The van der Waals surface area contributed by atoms with E-state index in [4.69, 9.17) is 20.2 Å². The second kappa shape index (κ2) is 4.21. The van der Waals surface area contributed by atoms with Gasteiger partial charge in [-0.1, -0.05) is 6.07 Å². The van der Waals surface area contributed by atoms with Gasteiger partial charge in [0.25, 0.3) is 0 Å². The van der Waals surface area contributed by atoms with E-state index in [-0.39, 0.29) is 11.5 Å². The highest BCUT2D eigenvalue weighted by molar-refractivity contribution is 7.80. The van der Waals surface area contributed by atoms with E-state index in [1.54, 1.807) is 0 Å². The first-order valence-electron chi connectivity index (χ1n) is 3.68. The molecule has 2 unspecified atom stereocenters. The van der Waals surface area contributed by atoms with Crippen molar-refractivity contribution in [2.75, 3.05) is 0 Å². The fraction of sp³-hybridized carbons (Fsp3) is 0.125. The SMILES string of the molecule is N=CC(c1ccc(O)c(O)c1)S(=O)O. The van der Waals surface area contributed by atoms with Gasteiger partial charge in [0.15, 0.2) is 22.6 Å². The van der Waals surface area contributed by atoms with Gasteiger partial charge in [0, 0.05) is 6.21 Å². The minimum Gasteiger partial charge on any atom is -0.504 e. The molecule has 0 aliphatic heterocycles. The minimum atomic E-state index is -2.21. The topological polar surface area (TPSA) is 102 Å². The molecule has 0 aromatic heterocycles. The van der Waals surface area contributed by atoms with Gasteiger partial charge in [-0.3, -0.25) is 0 Å². The monoisotopic (exact) mass is 215 g/mol. The molecule has 14 heavy (non-hydrogen) atoms. The average Bonchev–Trinajstić information content (AvgIpc) is 2.11. The number of phenolic OH excluding ortho intramolecular Hbond substituents is 2. The number of rotatable bonds is 3. The zero-order valence-corrected chi connectivity index (χ0v) is 7.86. The van der Waals surface area contributed by atoms with Gasteiger partial charge in [-0.2, -0.15) is 0 Å². The fourth-order valence-electron chi connectivity index (χ4n) is 0.988. The highest BCUT2D eigenvalue weighted by Crippen LogP contribution is 2.28. The molecule has 0 saturated heterocycles. The maximum atomic E-state index is 10.7. The van der Waals surface area contributed by atoms with Crippen molar-refractivity contribution in [2.45, 2.75) is 5.25 Å². The summed E-state index contributed by atoms with van der Waals surface area (Å²) >= 11 is -2.21. The molecule has 1 aromatic carbocycles. The Bertz CT molecular complexity index is 380. The van der Waals surface area contributed by atoms with Crippen molar-refractivity contribution >= 4 is 17.3 Å². The molecular weight excluding hydrogens is 206 g/mol. The van der Waals surface area contributed by atoms with E-state index in [1.165, 1.54) is 12.1 Å².